The van der Waals surface area contributed by atoms with Gasteiger partial charge in [-0.2, -0.15) is 0 Å². The highest BCUT2D eigenvalue weighted by atomic mass is 16.5. The second-order valence-corrected chi connectivity index (χ2v) is 7.85. The number of alkyl carbamates (subject to hydrolysis) is 1. The van der Waals surface area contributed by atoms with Gasteiger partial charge in [-0.25, -0.2) is 9.59 Å². The van der Waals surface area contributed by atoms with Crippen LogP contribution in [-0.2, 0) is 20.9 Å². The van der Waals surface area contributed by atoms with Gasteiger partial charge in [0.1, 0.15) is 24.1 Å². The first kappa shape index (κ1) is 26.1. The van der Waals surface area contributed by atoms with Gasteiger partial charge >= 0.3 is 12.1 Å². The van der Waals surface area contributed by atoms with E-state index in [1.807, 2.05) is 30.3 Å². The minimum atomic E-state index is -1.47. The van der Waals surface area contributed by atoms with Crippen molar-refractivity contribution < 1.29 is 33.7 Å². The number of ether oxygens (including phenoxy) is 3. The molecule has 0 aromatic heterocycles. The molecule has 188 valence electrons. The Balaban J connectivity index is 1.69. The third kappa shape index (κ3) is 7.49. The van der Waals surface area contributed by atoms with Crippen molar-refractivity contribution >= 4 is 18.0 Å². The number of nitrogens with one attached hydrogen (secondary N) is 2. The lowest BCUT2D eigenvalue weighted by Gasteiger charge is -2.22. The first-order chi connectivity index (χ1) is 17.4. The maximum Gasteiger partial charge on any atom is 0.408 e. The van der Waals surface area contributed by atoms with Gasteiger partial charge in [-0.3, -0.25) is 4.79 Å². The Kier molecular flexibility index (Phi) is 9.27. The van der Waals surface area contributed by atoms with Crippen LogP contribution >= 0.6 is 0 Å². The molecule has 3 N–H and O–H groups in total. The number of carboxylic acid groups (broad SMARTS) is 1. The molecular weight excluding hydrogens is 464 g/mol. The number of hydrogen-bond donors (Lipinski definition) is 3. The predicted molar refractivity (Wildman–Crippen MR) is 132 cm³/mol. The number of carboxylic acids is 1. The Morgan fingerprint density at radius 1 is 0.778 bits per heavy atom. The van der Waals surface area contributed by atoms with Crippen molar-refractivity contribution in [2.24, 2.45) is 0 Å². The van der Waals surface area contributed by atoms with Crippen LogP contribution in [0.15, 0.2) is 78.9 Å². The third-order valence-corrected chi connectivity index (χ3v) is 5.40. The summed E-state index contributed by atoms with van der Waals surface area (Å²) in [5, 5.41) is 14.7. The summed E-state index contributed by atoms with van der Waals surface area (Å²) in [6, 6.07) is 21.2. The fourth-order valence-corrected chi connectivity index (χ4v) is 3.46. The number of amides is 2. The largest absolute Gasteiger partial charge is 0.497 e. The average molecular weight is 493 g/mol. The number of carbonyl (C=O) groups is 3. The first-order valence-electron chi connectivity index (χ1n) is 11.2. The van der Waals surface area contributed by atoms with Crippen LogP contribution in [0.25, 0.3) is 0 Å². The Bertz CT molecular complexity index is 1100. The molecule has 3 aromatic rings. The van der Waals surface area contributed by atoms with E-state index in [1.54, 1.807) is 62.8 Å². The summed E-state index contributed by atoms with van der Waals surface area (Å²) in [5.41, 5.74) is 2.27. The quantitative estimate of drug-likeness (QED) is 0.373. The van der Waals surface area contributed by atoms with E-state index in [1.165, 1.54) is 0 Å². The molecule has 1 atom stereocenters. The smallest absolute Gasteiger partial charge is 0.408 e. The van der Waals surface area contributed by atoms with Gasteiger partial charge in [0.25, 0.3) is 0 Å². The molecule has 0 saturated carbocycles. The molecule has 0 unspecified atom stereocenters. The zero-order valence-electron chi connectivity index (χ0n) is 20.0. The van der Waals surface area contributed by atoms with Crippen molar-refractivity contribution in [1.29, 1.82) is 0 Å². The van der Waals surface area contributed by atoms with Crippen molar-refractivity contribution in [2.45, 2.75) is 25.1 Å². The second-order valence-electron chi connectivity index (χ2n) is 7.85. The van der Waals surface area contributed by atoms with E-state index in [0.717, 1.165) is 16.7 Å². The summed E-state index contributed by atoms with van der Waals surface area (Å²) in [6.45, 7) is -0.0256. The fourth-order valence-electron chi connectivity index (χ4n) is 3.46. The summed E-state index contributed by atoms with van der Waals surface area (Å²) in [7, 11) is 3.11. The second kappa shape index (κ2) is 12.8. The van der Waals surface area contributed by atoms with Crippen molar-refractivity contribution in [3.63, 3.8) is 0 Å². The lowest BCUT2D eigenvalue weighted by Crippen LogP contribution is -2.44. The number of methoxy groups -OCH3 is 2. The summed E-state index contributed by atoms with van der Waals surface area (Å²) in [4.78, 5) is 36.8. The molecule has 0 aliphatic carbocycles. The molecule has 9 nitrogen and oxygen atoms in total. The van der Waals surface area contributed by atoms with E-state index in [4.69, 9.17) is 14.2 Å². The van der Waals surface area contributed by atoms with E-state index in [0.29, 0.717) is 11.5 Å². The number of aliphatic carboxylic acids is 1. The minimum absolute atomic E-state index is 0.0256. The molecule has 0 bridgehead atoms. The molecule has 0 aliphatic heterocycles. The lowest BCUT2D eigenvalue weighted by atomic mass is 9.98. The van der Waals surface area contributed by atoms with E-state index in [-0.39, 0.29) is 6.61 Å². The van der Waals surface area contributed by atoms with Gasteiger partial charge in [-0.05, 0) is 41.0 Å². The molecule has 0 aliphatic rings. The van der Waals surface area contributed by atoms with Gasteiger partial charge in [0.2, 0.25) is 5.91 Å². The van der Waals surface area contributed by atoms with E-state index in [9.17, 15) is 19.5 Å². The van der Waals surface area contributed by atoms with E-state index >= 15 is 0 Å². The molecule has 9 heteroatoms. The zero-order chi connectivity index (χ0) is 25.9. The van der Waals surface area contributed by atoms with Crippen LogP contribution in [0.5, 0.6) is 11.5 Å². The Hall–Kier alpha value is -4.53. The molecule has 2 amide bonds. The first-order valence-corrected chi connectivity index (χ1v) is 11.2. The molecule has 36 heavy (non-hydrogen) atoms. The Labute approximate surface area is 209 Å². The monoisotopic (exact) mass is 492 g/mol. The number of rotatable bonds is 11. The maximum absolute atomic E-state index is 12.9. The van der Waals surface area contributed by atoms with Gasteiger partial charge < -0.3 is 30.0 Å². The van der Waals surface area contributed by atoms with Crippen molar-refractivity contribution in [3.05, 3.63) is 95.6 Å². The van der Waals surface area contributed by atoms with Crippen LogP contribution in [0, 0.1) is 0 Å². The van der Waals surface area contributed by atoms with Crippen LogP contribution in [0.2, 0.25) is 0 Å². The van der Waals surface area contributed by atoms with Gasteiger partial charge in [0, 0.05) is 0 Å². The SMILES string of the molecule is COc1ccc(C(NC(=O)C[C@H](NC(=O)OCc2ccccc2)C(=O)O)c2ccc(OC)cc2)cc1. The van der Waals surface area contributed by atoms with Crippen molar-refractivity contribution in [2.75, 3.05) is 14.2 Å². The van der Waals surface area contributed by atoms with Crippen LogP contribution in [0.3, 0.4) is 0 Å². The molecule has 0 saturated heterocycles. The fraction of sp³-hybridized carbons (Fsp3) is 0.222. The van der Waals surface area contributed by atoms with Gasteiger partial charge in [-0.1, -0.05) is 54.6 Å². The van der Waals surface area contributed by atoms with Gasteiger partial charge in [-0.15, -0.1) is 0 Å². The van der Waals surface area contributed by atoms with Crippen LogP contribution in [0.4, 0.5) is 4.79 Å². The highest BCUT2D eigenvalue weighted by Gasteiger charge is 2.26. The number of carbonyl (C=O) groups excluding carboxylic acids is 2. The maximum atomic E-state index is 12.9. The minimum Gasteiger partial charge on any atom is -0.497 e. The van der Waals surface area contributed by atoms with Gasteiger partial charge in [0.15, 0.2) is 0 Å². The highest BCUT2D eigenvalue weighted by molar-refractivity contribution is 5.87. The average Bonchev–Trinajstić information content (AvgIpc) is 2.91. The van der Waals surface area contributed by atoms with Crippen LogP contribution in [-0.4, -0.2) is 43.3 Å². The molecule has 0 fully saturated rings. The molecule has 3 rings (SSSR count). The molecule has 0 radical (unpaired) electrons. The van der Waals surface area contributed by atoms with Crippen molar-refractivity contribution in [1.82, 2.24) is 10.6 Å². The number of benzene rings is 3. The summed E-state index contributed by atoms with van der Waals surface area (Å²) in [6.07, 6.45) is -1.42. The van der Waals surface area contributed by atoms with Crippen molar-refractivity contribution in [3.8, 4) is 11.5 Å². The Morgan fingerprint density at radius 2 is 1.31 bits per heavy atom. The van der Waals surface area contributed by atoms with Crippen LogP contribution < -0.4 is 20.1 Å². The topological polar surface area (TPSA) is 123 Å². The lowest BCUT2D eigenvalue weighted by molar-refractivity contribution is -0.141. The summed E-state index contributed by atoms with van der Waals surface area (Å²) < 4.78 is 15.5. The van der Waals surface area contributed by atoms with Gasteiger partial charge in [0.05, 0.1) is 26.7 Å². The van der Waals surface area contributed by atoms with E-state index in [2.05, 4.69) is 10.6 Å². The summed E-state index contributed by atoms with van der Waals surface area (Å²) >= 11 is 0. The number of hydrogen-bond acceptors (Lipinski definition) is 6. The zero-order valence-corrected chi connectivity index (χ0v) is 20.0. The van der Waals surface area contributed by atoms with Crippen LogP contribution in [0.1, 0.15) is 29.2 Å². The van der Waals surface area contributed by atoms with E-state index < -0.39 is 36.5 Å². The molecular formula is C27H28N2O7. The molecule has 3 aromatic carbocycles. The third-order valence-electron chi connectivity index (χ3n) is 5.40. The normalized spacial score (nSPS) is 11.3. The summed E-state index contributed by atoms with van der Waals surface area (Å²) in [5.74, 6) is -0.611. The Morgan fingerprint density at radius 3 is 1.78 bits per heavy atom. The predicted octanol–water partition coefficient (Wildman–Crippen LogP) is 3.68. The molecule has 0 spiro atoms. The molecule has 0 heterocycles. The standard InChI is InChI=1S/C27H28N2O7/c1-34-21-12-8-19(9-13-21)25(20-10-14-22(35-2)15-11-20)29-24(30)16-23(26(31)32)28-27(33)36-17-18-6-4-3-5-7-18/h3-15,23,25H,16-17H2,1-2H3,(H,28,33)(H,29,30)(H,31,32)/t23-/m0/s1. The highest BCUT2D eigenvalue weighted by Crippen LogP contribution is 2.26.